The Kier molecular flexibility index (Phi) is 2.01. The van der Waals surface area contributed by atoms with Gasteiger partial charge >= 0.3 is 5.69 Å². The summed E-state index contributed by atoms with van der Waals surface area (Å²) in [6.07, 6.45) is 1.30. The topological polar surface area (TPSA) is 75.2 Å². The predicted molar refractivity (Wildman–Crippen MR) is 32.6 cm³/mol. The number of aliphatic hydroxyl groups excluding tert-OH is 1. The summed E-state index contributed by atoms with van der Waals surface area (Å²) in [6, 6.07) is 1.44. The van der Waals surface area contributed by atoms with E-state index >= 15 is 0 Å². The first kappa shape index (κ1) is 6.76. The van der Waals surface area contributed by atoms with Crippen LogP contribution in [0.4, 0.5) is 0 Å². The van der Waals surface area contributed by atoms with E-state index in [1.54, 1.807) is 0 Å². The molecule has 10 heavy (non-hydrogen) atoms. The van der Waals surface area contributed by atoms with Crippen molar-refractivity contribution in [1.82, 2.24) is 9.97 Å². The Morgan fingerprint density at radius 1 is 1.80 bits per heavy atom. The number of hydrogen-bond acceptors (Lipinski definition) is 4. The van der Waals surface area contributed by atoms with Crippen LogP contribution in [-0.4, -0.2) is 21.9 Å². The maximum Gasteiger partial charge on any atom is 0.347 e. The third kappa shape index (κ3) is 1.56. The summed E-state index contributed by atoms with van der Waals surface area (Å²) in [5, 5.41) is 8.25. The van der Waals surface area contributed by atoms with E-state index < -0.39 is 12.5 Å². The van der Waals surface area contributed by atoms with Crippen LogP contribution >= 0.6 is 0 Å². The van der Waals surface area contributed by atoms with Crippen LogP contribution in [0.15, 0.2) is 17.1 Å². The van der Waals surface area contributed by atoms with Gasteiger partial charge in [0.25, 0.3) is 0 Å². The second kappa shape index (κ2) is 2.98. The van der Waals surface area contributed by atoms with Gasteiger partial charge in [-0.25, -0.2) is 9.78 Å². The van der Waals surface area contributed by atoms with E-state index in [0.717, 1.165) is 0 Å². The number of aliphatic hydroxyl groups is 1. The first-order valence-electron chi connectivity index (χ1n) is 2.62. The minimum Gasteiger partial charge on any atom is -0.452 e. The number of aromatic nitrogens is 2. The molecule has 0 spiro atoms. The van der Waals surface area contributed by atoms with E-state index in [9.17, 15) is 4.79 Å². The number of nitrogens with zero attached hydrogens (tertiary/aromatic N) is 1. The van der Waals surface area contributed by atoms with Crippen LogP contribution in [0.25, 0.3) is 0 Å². The number of hydrogen-bond donors (Lipinski definition) is 2. The SMILES string of the molecule is O=c1nccc(OCO)[nH]1. The van der Waals surface area contributed by atoms with E-state index in [-0.39, 0.29) is 5.88 Å². The fraction of sp³-hybridized carbons (Fsp3) is 0.200. The molecule has 0 aliphatic heterocycles. The van der Waals surface area contributed by atoms with Gasteiger partial charge < -0.3 is 9.84 Å². The lowest BCUT2D eigenvalue weighted by Gasteiger charge is -1.97. The lowest BCUT2D eigenvalue weighted by atomic mass is 10.6. The summed E-state index contributed by atoms with van der Waals surface area (Å²) in [5.74, 6) is 0.211. The van der Waals surface area contributed by atoms with Gasteiger partial charge in [-0.05, 0) is 0 Å². The van der Waals surface area contributed by atoms with E-state index in [2.05, 4.69) is 14.7 Å². The van der Waals surface area contributed by atoms with Crippen LogP contribution in [0.1, 0.15) is 0 Å². The van der Waals surface area contributed by atoms with Gasteiger partial charge in [-0.15, -0.1) is 0 Å². The van der Waals surface area contributed by atoms with Gasteiger partial charge in [0.1, 0.15) is 0 Å². The van der Waals surface area contributed by atoms with Crippen molar-refractivity contribution in [2.75, 3.05) is 6.79 Å². The molecule has 0 radical (unpaired) electrons. The Labute approximate surface area is 56.3 Å². The molecule has 1 heterocycles. The lowest BCUT2D eigenvalue weighted by molar-refractivity contribution is 0.0937. The first-order valence-corrected chi connectivity index (χ1v) is 2.62. The van der Waals surface area contributed by atoms with Gasteiger partial charge in [0.05, 0.1) is 0 Å². The minimum absolute atomic E-state index is 0.211. The Bertz CT molecular complexity index is 257. The molecule has 0 atom stereocenters. The minimum atomic E-state index is -0.494. The molecule has 1 aromatic rings. The highest BCUT2D eigenvalue weighted by atomic mass is 16.6. The predicted octanol–water partition coefficient (Wildman–Crippen LogP) is -0.902. The second-order valence-electron chi connectivity index (χ2n) is 1.51. The van der Waals surface area contributed by atoms with E-state index in [4.69, 9.17) is 5.11 Å². The van der Waals surface area contributed by atoms with Crippen LogP contribution in [0, 0.1) is 0 Å². The third-order valence-corrected chi connectivity index (χ3v) is 0.868. The molecule has 0 aliphatic rings. The highest BCUT2D eigenvalue weighted by molar-refractivity contribution is 5.03. The number of rotatable bonds is 2. The normalized spacial score (nSPS) is 9.30. The van der Waals surface area contributed by atoms with Gasteiger partial charge in [0, 0.05) is 12.3 Å². The molecule has 0 unspecified atom stereocenters. The Morgan fingerprint density at radius 2 is 2.60 bits per heavy atom. The Hall–Kier alpha value is -1.36. The van der Waals surface area contributed by atoms with Gasteiger partial charge in [0.2, 0.25) is 0 Å². The van der Waals surface area contributed by atoms with Crippen molar-refractivity contribution in [2.45, 2.75) is 0 Å². The van der Waals surface area contributed by atoms with Crippen LogP contribution in [-0.2, 0) is 0 Å². The molecule has 1 aromatic heterocycles. The molecule has 0 saturated heterocycles. The zero-order chi connectivity index (χ0) is 7.40. The second-order valence-corrected chi connectivity index (χ2v) is 1.51. The summed E-state index contributed by atoms with van der Waals surface area (Å²) in [6.45, 7) is -0.458. The zero-order valence-corrected chi connectivity index (χ0v) is 5.07. The molecule has 0 bridgehead atoms. The van der Waals surface area contributed by atoms with Crippen LogP contribution in [0.3, 0.4) is 0 Å². The van der Waals surface area contributed by atoms with Crippen LogP contribution < -0.4 is 10.4 Å². The molecule has 0 aromatic carbocycles. The molecule has 0 amide bonds. The number of H-pyrrole nitrogens is 1. The molecule has 0 fully saturated rings. The standard InChI is InChI=1S/C5H6N2O3/c8-3-10-4-1-2-6-5(9)7-4/h1-2,8H,3H2,(H,6,7,9). The average molecular weight is 142 g/mol. The molecule has 5 nitrogen and oxygen atoms in total. The summed E-state index contributed by atoms with van der Waals surface area (Å²) in [4.78, 5) is 16.0. The van der Waals surface area contributed by atoms with E-state index in [0.29, 0.717) is 0 Å². The summed E-state index contributed by atoms with van der Waals surface area (Å²) in [5.41, 5.74) is -0.494. The molecule has 0 saturated carbocycles. The van der Waals surface area contributed by atoms with Crippen molar-refractivity contribution in [2.24, 2.45) is 0 Å². The smallest absolute Gasteiger partial charge is 0.347 e. The molecular formula is C5H6N2O3. The summed E-state index contributed by atoms with van der Waals surface area (Å²) < 4.78 is 4.55. The van der Waals surface area contributed by atoms with Crippen molar-refractivity contribution in [3.8, 4) is 5.88 Å². The van der Waals surface area contributed by atoms with Gasteiger partial charge in [-0.1, -0.05) is 0 Å². The van der Waals surface area contributed by atoms with Gasteiger partial charge in [-0.2, -0.15) is 0 Å². The molecule has 2 N–H and O–H groups in total. The number of aromatic amines is 1. The molecular weight excluding hydrogens is 136 g/mol. The largest absolute Gasteiger partial charge is 0.452 e. The van der Waals surface area contributed by atoms with Gasteiger partial charge in [0.15, 0.2) is 12.7 Å². The average Bonchev–Trinajstić information content (AvgIpc) is 1.88. The first-order chi connectivity index (χ1) is 4.83. The third-order valence-electron chi connectivity index (χ3n) is 0.868. The quantitative estimate of drug-likeness (QED) is 0.524. The maximum absolute atomic E-state index is 10.4. The fourth-order valence-electron chi connectivity index (χ4n) is 0.506. The molecule has 0 aliphatic carbocycles. The van der Waals surface area contributed by atoms with Crippen LogP contribution in [0.5, 0.6) is 5.88 Å². The van der Waals surface area contributed by atoms with Crippen molar-refractivity contribution in [3.63, 3.8) is 0 Å². The fourth-order valence-corrected chi connectivity index (χ4v) is 0.506. The zero-order valence-electron chi connectivity index (χ0n) is 5.07. The highest BCUT2D eigenvalue weighted by Crippen LogP contribution is 1.97. The van der Waals surface area contributed by atoms with Crippen molar-refractivity contribution < 1.29 is 9.84 Å². The summed E-state index contributed by atoms with van der Waals surface area (Å²) >= 11 is 0. The van der Waals surface area contributed by atoms with E-state index in [1.807, 2.05) is 0 Å². The van der Waals surface area contributed by atoms with Crippen LogP contribution in [0.2, 0.25) is 0 Å². The Morgan fingerprint density at radius 3 is 3.20 bits per heavy atom. The lowest BCUT2D eigenvalue weighted by Crippen LogP contribution is -2.10. The monoisotopic (exact) mass is 142 g/mol. The molecule has 54 valence electrons. The Balaban J connectivity index is 2.85. The summed E-state index contributed by atoms with van der Waals surface area (Å²) in [7, 11) is 0. The van der Waals surface area contributed by atoms with Crippen molar-refractivity contribution >= 4 is 0 Å². The van der Waals surface area contributed by atoms with Crippen molar-refractivity contribution in [3.05, 3.63) is 22.7 Å². The van der Waals surface area contributed by atoms with E-state index in [1.165, 1.54) is 12.3 Å². The number of nitrogens with one attached hydrogen (secondary N) is 1. The molecule has 1 rings (SSSR count). The van der Waals surface area contributed by atoms with Gasteiger partial charge in [-0.3, -0.25) is 4.98 Å². The molecule has 5 heteroatoms. The maximum atomic E-state index is 10.4. The number of ether oxygens (including phenoxy) is 1. The highest BCUT2D eigenvalue weighted by Gasteiger charge is 1.90. The van der Waals surface area contributed by atoms with Crippen molar-refractivity contribution in [1.29, 1.82) is 0 Å².